The van der Waals surface area contributed by atoms with Gasteiger partial charge in [-0.05, 0) is 43.4 Å². The molecule has 0 spiro atoms. The zero-order valence-electron chi connectivity index (χ0n) is 12.7. The third-order valence-corrected chi connectivity index (χ3v) is 4.11. The molecule has 2 heterocycles. The van der Waals surface area contributed by atoms with Gasteiger partial charge >= 0.3 is 5.97 Å². The van der Waals surface area contributed by atoms with Crippen LogP contribution in [0.1, 0.15) is 47.0 Å². The summed E-state index contributed by atoms with van der Waals surface area (Å²) in [5, 5.41) is 18.6. The molecule has 0 saturated heterocycles. The van der Waals surface area contributed by atoms with Gasteiger partial charge in [0.15, 0.2) is 5.88 Å². The molecule has 0 fully saturated rings. The molecule has 0 atom stereocenters. The SMILES string of the molecule is CCc1c(Cc2[nH]cc(CCC(=O)O)c2C)[nH]c(O)c1C. The normalized spacial score (nSPS) is 11.0. The quantitative estimate of drug-likeness (QED) is 0.659. The summed E-state index contributed by atoms with van der Waals surface area (Å²) in [7, 11) is 0. The number of aromatic nitrogens is 2. The number of nitrogens with one attached hydrogen (secondary N) is 2. The minimum Gasteiger partial charge on any atom is -0.494 e. The molecule has 2 aromatic heterocycles. The van der Waals surface area contributed by atoms with Crippen molar-refractivity contribution >= 4 is 5.97 Å². The van der Waals surface area contributed by atoms with E-state index < -0.39 is 5.97 Å². The van der Waals surface area contributed by atoms with Crippen LogP contribution in [-0.2, 0) is 24.1 Å². The molecule has 0 aliphatic rings. The van der Waals surface area contributed by atoms with E-state index in [1.54, 1.807) is 0 Å². The van der Waals surface area contributed by atoms with Crippen LogP contribution in [0.4, 0.5) is 0 Å². The second-order valence-corrected chi connectivity index (χ2v) is 5.40. The molecule has 4 N–H and O–H groups in total. The molecule has 0 aliphatic heterocycles. The molecule has 0 radical (unpaired) electrons. The van der Waals surface area contributed by atoms with Crippen molar-refractivity contribution in [3.63, 3.8) is 0 Å². The Labute approximate surface area is 124 Å². The number of aromatic amines is 2. The number of hydrogen-bond acceptors (Lipinski definition) is 2. The lowest BCUT2D eigenvalue weighted by atomic mass is 10.0. The molecule has 0 unspecified atom stereocenters. The van der Waals surface area contributed by atoms with Crippen molar-refractivity contribution in [3.8, 4) is 5.88 Å². The highest BCUT2D eigenvalue weighted by molar-refractivity contribution is 5.67. The standard InChI is InChI=1S/C16H22N2O3/c1-4-12-10(3)16(21)18-14(12)7-13-9(2)11(8-17-13)5-6-15(19)20/h8,17-18,21H,4-7H2,1-3H3,(H,19,20). The van der Waals surface area contributed by atoms with Crippen LogP contribution < -0.4 is 0 Å². The Bertz CT molecular complexity index is 653. The smallest absolute Gasteiger partial charge is 0.303 e. The fourth-order valence-corrected chi connectivity index (χ4v) is 2.76. The summed E-state index contributed by atoms with van der Waals surface area (Å²) in [6.07, 6.45) is 4.11. The second-order valence-electron chi connectivity index (χ2n) is 5.40. The summed E-state index contributed by atoms with van der Waals surface area (Å²) in [6.45, 7) is 5.98. The Balaban J connectivity index is 2.21. The molecule has 2 rings (SSSR count). The fraction of sp³-hybridized carbons (Fsp3) is 0.438. The number of hydrogen-bond donors (Lipinski definition) is 4. The van der Waals surface area contributed by atoms with Crippen LogP contribution in [0.15, 0.2) is 6.20 Å². The molecule has 2 aromatic rings. The lowest BCUT2D eigenvalue weighted by Crippen LogP contribution is -1.99. The minimum atomic E-state index is -0.782. The summed E-state index contributed by atoms with van der Waals surface area (Å²) in [4.78, 5) is 16.9. The fourth-order valence-electron chi connectivity index (χ4n) is 2.76. The molecule has 0 aromatic carbocycles. The van der Waals surface area contributed by atoms with Crippen molar-refractivity contribution < 1.29 is 15.0 Å². The lowest BCUT2D eigenvalue weighted by Gasteiger charge is -2.04. The van der Waals surface area contributed by atoms with Crippen molar-refractivity contribution in [2.45, 2.75) is 46.5 Å². The molecular formula is C16H22N2O3. The van der Waals surface area contributed by atoms with Gasteiger partial charge in [0.1, 0.15) is 0 Å². The first-order chi connectivity index (χ1) is 9.93. The molecule has 0 saturated carbocycles. The Morgan fingerprint density at radius 3 is 2.57 bits per heavy atom. The minimum absolute atomic E-state index is 0.140. The summed E-state index contributed by atoms with van der Waals surface area (Å²) in [5.41, 5.74) is 6.27. The Morgan fingerprint density at radius 2 is 1.95 bits per heavy atom. The topological polar surface area (TPSA) is 89.1 Å². The summed E-state index contributed by atoms with van der Waals surface area (Å²) < 4.78 is 0. The van der Waals surface area contributed by atoms with Gasteiger partial charge in [0, 0.05) is 36.0 Å². The van der Waals surface area contributed by atoms with E-state index in [4.69, 9.17) is 5.11 Å². The highest BCUT2D eigenvalue weighted by Gasteiger charge is 2.15. The number of aryl methyl sites for hydroxylation is 1. The van der Waals surface area contributed by atoms with Crippen LogP contribution in [0.25, 0.3) is 0 Å². The van der Waals surface area contributed by atoms with Crippen molar-refractivity contribution in [1.82, 2.24) is 9.97 Å². The van der Waals surface area contributed by atoms with Crippen LogP contribution in [0, 0.1) is 13.8 Å². The number of rotatable bonds is 6. The van der Waals surface area contributed by atoms with E-state index in [-0.39, 0.29) is 12.3 Å². The number of carbonyl (C=O) groups is 1. The summed E-state index contributed by atoms with van der Waals surface area (Å²) >= 11 is 0. The van der Waals surface area contributed by atoms with Gasteiger partial charge < -0.3 is 20.2 Å². The highest BCUT2D eigenvalue weighted by atomic mass is 16.4. The molecule has 0 bridgehead atoms. The molecule has 0 aliphatic carbocycles. The largest absolute Gasteiger partial charge is 0.494 e. The van der Waals surface area contributed by atoms with E-state index >= 15 is 0 Å². The molecular weight excluding hydrogens is 268 g/mol. The first-order valence-electron chi connectivity index (χ1n) is 7.20. The second kappa shape index (κ2) is 6.08. The number of carboxylic acids is 1. The Hall–Kier alpha value is -2.17. The lowest BCUT2D eigenvalue weighted by molar-refractivity contribution is -0.136. The maximum Gasteiger partial charge on any atom is 0.303 e. The third-order valence-electron chi connectivity index (χ3n) is 4.11. The van der Waals surface area contributed by atoms with Gasteiger partial charge in [-0.2, -0.15) is 0 Å². The van der Waals surface area contributed by atoms with Crippen molar-refractivity contribution in [2.75, 3.05) is 0 Å². The average molecular weight is 290 g/mol. The summed E-state index contributed by atoms with van der Waals surface area (Å²) in [6, 6.07) is 0. The van der Waals surface area contributed by atoms with Crippen molar-refractivity contribution in [3.05, 3.63) is 39.8 Å². The maximum atomic E-state index is 10.7. The Morgan fingerprint density at radius 1 is 1.24 bits per heavy atom. The number of aromatic hydroxyl groups is 1. The van der Waals surface area contributed by atoms with Gasteiger partial charge in [0.25, 0.3) is 0 Å². The van der Waals surface area contributed by atoms with Crippen LogP contribution >= 0.6 is 0 Å². The predicted octanol–water partition coefficient (Wildman–Crippen LogP) is 2.84. The molecule has 21 heavy (non-hydrogen) atoms. The van der Waals surface area contributed by atoms with E-state index in [2.05, 4.69) is 16.9 Å². The molecule has 5 heteroatoms. The zero-order valence-corrected chi connectivity index (χ0v) is 12.7. The first kappa shape index (κ1) is 15.2. The molecule has 114 valence electrons. The predicted molar refractivity (Wildman–Crippen MR) is 80.9 cm³/mol. The zero-order chi connectivity index (χ0) is 15.6. The van der Waals surface area contributed by atoms with Gasteiger partial charge in [0.05, 0.1) is 0 Å². The maximum absolute atomic E-state index is 10.7. The van der Waals surface area contributed by atoms with E-state index in [0.717, 1.165) is 40.1 Å². The Kier molecular flexibility index (Phi) is 4.40. The van der Waals surface area contributed by atoms with Crippen molar-refractivity contribution in [2.24, 2.45) is 0 Å². The highest BCUT2D eigenvalue weighted by Crippen LogP contribution is 2.27. The average Bonchev–Trinajstić information content (AvgIpc) is 2.90. The monoisotopic (exact) mass is 290 g/mol. The van der Waals surface area contributed by atoms with Crippen LogP contribution in [0.5, 0.6) is 5.88 Å². The van der Waals surface area contributed by atoms with Gasteiger partial charge in [-0.15, -0.1) is 0 Å². The van der Waals surface area contributed by atoms with Gasteiger partial charge in [-0.3, -0.25) is 4.79 Å². The van der Waals surface area contributed by atoms with Gasteiger partial charge in [-0.1, -0.05) is 6.92 Å². The van der Waals surface area contributed by atoms with E-state index in [1.807, 2.05) is 20.0 Å². The summed E-state index contributed by atoms with van der Waals surface area (Å²) in [5.74, 6) is -0.549. The van der Waals surface area contributed by atoms with Crippen LogP contribution in [0.3, 0.4) is 0 Å². The van der Waals surface area contributed by atoms with Gasteiger partial charge in [-0.25, -0.2) is 0 Å². The van der Waals surface area contributed by atoms with E-state index in [0.29, 0.717) is 12.8 Å². The van der Waals surface area contributed by atoms with Gasteiger partial charge in [0.2, 0.25) is 0 Å². The van der Waals surface area contributed by atoms with Crippen molar-refractivity contribution in [1.29, 1.82) is 0 Å². The number of H-pyrrole nitrogens is 2. The number of aliphatic carboxylic acids is 1. The van der Waals surface area contributed by atoms with Crippen LogP contribution in [0.2, 0.25) is 0 Å². The van der Waals surface area contributed by atoms with E-state index in [1.165, 1.54) is 0 Å². The third kappa shape index (κ3) is 3.12. The molecule has 5 nitrogen and oxygen atoms in total. The first-order valence-corrected chi connectivity index (χ1v) is 7.20. The van der Waals surface area contributed by atoms with E-state index in [9.17, 15) is 9.90 Å². The molecule has 0 amide bonds. The van der Waals surface area contributed by atoms with Crippen LogP contribution in [-0.4, -0.2) is 26.2 Å². The number of carboxylic acid groups (broad SMARTS) is 1.